The quantitative estimate of drug-likeness (QED) is 0.450. The van der Waals surface area contributed by atoms with Crippen molar-refractivity contribution < 1.29 is 5.11 Å². The van der Waals surface area contributed by atoms with Crippen LogP contribution in [-0.2, 0) is 19.9 Å². The standard InChI is InChI=1S/C27H30N4OS/c1-16-28-25-20(10-13-24(25)33-16)27-30-22-15-17(8-12-23(22)31(27)2)14-19-9-11-21(29-19)26(32)18-6-4-3-5-7-18/h3-8,12,15,19-21,26,29,32H,9-11,13-14H2,1-2H3/t19-,20?,21+,26+/m0/s1. The average Bonchev–Trinajstić information content (AvgIpc) is 3.58. The Morgan fingerprint density at radius 2 is 1.97 bits per heavy atom. The minimum Gasteiger partial charge on any atom is -0.387 e. The van der Waals surface area contributed by atoms with Gasteiger partial charge in [-0.25, -0.2) is 9.97 Å². The lowest BCUT2D eigenvalue weighted by Crippen LogP contribution is -2.35. The fraction of sp³-hybridized carbons (Fsp3) is 0.407. The van der Waals surface area contributed by atoms with Crippen molar-refractivity contribution in [2.75, 3.05) is 0 Å². The molecular weight excluding hydrogens is 428 g/mol. The van der Waals surface area contributed by atoms with Crippen LogP contribution in [0.5, 0.6) is 0 Å². The Kier molecular flexibility index (Phi) is 5.32. The third-order valence-electron chi connectivity index (χ3n) is 7.40. The molecule has 1 saturated heterocycles. The van der Waals surface area contributed by atoms with Crippen LogP contribution in [0.15, 0.2) is 48.5 Å². The molecular formula is C27H30N4OS. The molecule has 0 saturated carbocycles. The number of imidazole rings is 1. The number of benzene rings is 2. The van der Waals surface area contributed by atoms with Gasteiger partial charge in [0.25, 0.3) is 0 Å². The van der Waals surface area contributed by atoms with Gasteiger partial charge >= 0.3 is 0 Å². The Morgan fingerprint density at radius 1 is 1.12 bits per heavy atom. The van der Waals surface area contributed by atoms with Crippen molar-refractivity contribution in [3.05, 3.63) is 81.1 Å². The number of aliphatic hydroxyl groups is 1. The number of hydrogen-bond acceptors (Lipinski definition) is 5. The highest BCUT2D eigenvalue weighted by Crippen LogP contribution is 2.40. The first-order valence-electron chi connectivity index (χ1n) is 12.0. The number of nitrogens with one attached hydrogen (secondary N) is 1. The van der Waals surface area contributed by atoms with Crippen LogP contribution >= 0.6 is 11.3 Å². The molecule has 5 nitrogen and oxygen atoms in total. The summed E-state index contributed by atoms with van der Waals surface area (Å²) in [6, 6.07) is 17.2. The van der Waals surface area contributed by atoms with Crippen LogP contribution in [0, 0.1) is 6.92 Å². The minimum absolute atomic E-state index is 0.112. The van der Waals surface area contributed by atoms with Gasteiger partial charge in [-0.1, -0.05) is 36.4 Å². The molecule has 1 fully saturated rings. The molecule has 6 heteroatoms. The lowest BCUT2D eigenvalue weighted by Gasteiger charge is -2.20. The topological polar surface area (TPSA) is 63.0 Å². The predicted molar refractivity (Wildman–Crippen MR) is 133 cm³/mol. The lowest BCUT2D eigenvalue weighted by molar-refractivity contribution is 0.135. The third-order valence-corrected chi connectivity index (χ3v) is 8.44. The maximum absolute atomic E-state index is 10.8. The van der Waals surface area contributed by atoms with E-state index >= 15 is 0 Å². The summed E-state index contributed by atoms with van der Waals surface area (Å²) >= 11 is 1.84. The molecule has 4 atom stereocenters. The highest BCUT2D eigenvalue weighted by molar-refractivity contribution is 7.11. The molecule has 2 aliphatic rings. The second-order valence-electron chi connectivity index (χ2n) is 9.59. The first-order chi connectivity index (χ1) is 16.1. The van der Waals surface area contributed by atoms with E-state index in [0.717, 1.165) is 54.0 Å². The van der Waals surface area contributed by atoms with Gasteiger partial charge in [0.05, 0.1) is 33.8 Å². The molecule has 0 amide bonds. The highest BCUT2D eigenvalue weighted by Gasteiger charge is 2.32. The summed E-state index contributed by atoms with van der Waals surface area (Å²) in [6.45, 7) is 2.10. The monoisotopic (exact) mass is 458 g/mol. The van der Waals surface area contributed by atoms with Gasteiger partial charge in [0, 0.05) is 24.0 Å². The van der Waals surface area contributed by atoms with Crippen molar-refractivity contribution in [2.45, 2.75) is 63.1 Å². The fourth-order valence-corrected chi connectivity index (χ4v) is 6.74. The van der Waals surface area contributed by atoms with E-state index < -0.39 is 6.10 Å². The SMILES string of the molecule is Cc1nc2c(s1)CCC2c1nc2cc(C[C@@H]3CC[C@H]([C@H](O)c4ccccc4)N3)ccc2n1C. The zero-order valence-corrected chi connectivity index (χ0v) is 20.0. The summed E-state index contributed by atoms with van der Waals surface area (Å²) in [5.41, 5.74) is 5.80. The summed E-state index contributed by atoms with van der Waals surface area (Å²) in [4.78, 5) is 11.3. The number of aromatic nitrogens is 3. The summed E-state index contributed by atoms with van der Waals surface area (Å²) < 4.78 is 2.26. The van der Waals surface area contributed by atoms with Crippen LogP contribution in [0.1, 0.15) is 63.8 Å². The second-order valence-corrected chi connectivity index (χ2v) is 10.9. The van der Waals surface area contributed by atoms with Gasteiger partial charge in [-0.2, -0.15) is 0 Å². The minimum atomic E-state index is -0.456. The van der Waals surface area contributed by atoms with Crippen LogP contribution < -0.4 is 5.32 Å². The Balaban J connectivity index is 1.19. The molecule has 6 rings (SSSR count). The van der Waals surface area contributed by atoms with Gasteiger partial charge in [0.1, 0.15) is 5.82 Å². The summed E-state index contributed by atoms with van der Waals surface area (Å²) in [5, 5.41) is 15.6. The zero-order chi connectivity index (χ0) is 22.5. The Hall–Kier alpha value is -2.54. The molecule has 2 aromatic heterocycles. The third kappa shape index (κ3) is 3.80. The summed E-state index contributed by atoms with van der Waals surface area (Å²) in [6.07, 6.45) is 4.79. The first-order valence-corrected chi connectivity index (χ1v) is 12.8. The molecule has 170 valence electrons. The number of thiazole rings is 1. The first kappa shape index (κ1) is 21.0. The Labute approximate surface area is 198 Å². The van der Waals surface area contributed by atoms with Crippen molar-refractivity contribution in [3.8, 4) is 0 Å². The van der Waals surface area contributed by atoms with Crippen LogP contribution in [0.25, 0.3) is 11.0 Å². The second kappa shape index (κ2) is 8.35. The van der Waals surface area contributed by atoms with Crippen molar-refractivity contribution in [1.82, 2.24) is 19.9 Å². The van der Waals surface area contributed by atoms with Crippen molar-refractivity contribution in [2.24, 2.45) is 7.05 Å². The van der Waals surface area contributed by atoms with Gasteiger partial charge in [-0.3, -0.25) is 0 Å². The van der Waals surface area contributed by atoms with E-state index in [1.807, 2.05) is 41.7 Å². The number of nitrogens with zero attached hydrogens (tertiary/aromatic N) is 3. The van der Waals surface area contributed by atoms with Gasteiger partial charge in [-0.05, 0) is 62.3 Å². The molecule has 3 heterocycles. The van der Waals surface area contributed by atoms with Crippen LogP contribution in [0.3, 0.4) is 0 Å². The van der Waals surface area contributed by atoms with Crippen molar-refractivity contribution in [1.29, 1.82) is 0 Å². The zero-order valence-electron chi connectivity index (χ0n) is 19.2. The molecule has 33 heavy (non-hydrogen) atoms. The van der Waals surface area contributed by atoms with E-state index in [1.165, 1.54) is 21.7 Å². The van der Waals surface area contributed by atoms with Crippen LogP contribution in [-0.4, -0.2) is 31.7 Å². The molecule has 4 aromatic rings. The molecule has 2 aromatic carbocycles. The van der Waals surface area contributed by atoms with E-state index in [4.69, 9.17) is 9.97 Å². The van der Waals surface area contributed by atoms with Crippen LogP contribution in [0.2, 0.25) is 0 Å². The van der Waals surface area contributed by atoms with E-state index in [2.05, 4.69) is 42.1 Å². The predicted octanol–water partition coefficient (Wildman–Crippen LogP) is 4.81. The Morgan fingerprint density at radius 3 is 2.82 bits per heavy atom. The van der Waals surface area contributed by atoms with Gasteiger partial charge in [0.15, 0.2) is 0 Å². The summed E-state index contributed by atoms with van der Waals surface area (Å²) in [7, 11) is 2.13. The van der Waals surface area contributed by atoms with E-state index in [-0.39, 0.29) is 6.04 Å². The number of aryl methyl sites for hydroxylation is 3. The largest absolute Gasteiger partial charge is 0.387 e. The lowest BCUT2D eigenvalue weighted by atomic mass is 10.0. The van der Waals surface area contributed by atoms with E-state index in [0.29, 0.717) is 12.0 Å². The van der Waals surface area contributed by atoms with Crippen molar-refractivity contribution >= 4 is 22.4 Å². The maximum Gasteiger partial charge on any atom is 0.118 e. The number of aliphatic hydroxyl groups excluding tert-OH is 1. The highest BCUT2D eigenvalue weighted by atomic mass is 32.1. The molecule has 1 aliphatic carbocycles. The van der Waals surface area contributed by atoms with E-state index in [1.54, 1.807) is 0 Å². The molecule has 0 spiro atoms. The molecule has 1 unspecified atom stereocenters. The number of rotatable bonds is 5. The molecule has 1 aliphatic heterocycles. The molecule has 2 N–H and O–H groups in total. The van der Waals surface area contributed by atoms with Crippen molar-refractivity contribution in [3.63, 3.8) is 0 Å². The Bertz CT molecular complexity index is 1290. The van der Waals surface area contributed by atoms with Gasteiger partial charge < -0.3 is 15.0 Å². The number of hydrogen-bond donors (Lipinski definition) is 2. The fourth-order valence-electron chi connectivity index (χ4n) is 5.73. The maximum atomic E-state index is 10.8. The smallest absolute Gasteiger partial charge is 0.118 e. The van der Waals surface area contributed by atoms with Gasteiger partial charge in [0.2, 0.25) is 0 Å². The normalized spacial score (nSPS) is 23.3. The average molecular weight is 459 g/mol. The number of fused-ring (bicyclic) bond motifs is 2. The molecule has 0 bridgehead atoms. The van der Waals surface area contributed by atoms with E-state index in [9.17, 15) is 5.11 Å². The summed E-state index contributed by atoms with van der Waals surface area (Å²) in [5.74, 6) is 1.44. The molecule has 0 radical (unpaired) electrons. The van der Waals surface area contributed by atoms with Gasteiger partial charge in [-0.15, -0.1) is 11.3 Å². The van der Waals surface area contributed by atoms with Crippen LogP contribution in [0.4, 0.5) is 0 Å².